The van der Waals surface area contributed by atoms with Gasteiger partial charge in [0.2, 0.25) is 0 Å². The van der Waals surface area contributed by atoms with E-state index in [2.05, 4.69) is 20.3 Å². The number of hydrogen-bond acceptors (Lipinski definition) is 4. The first-order valence-electron chi connectivity index (χ1n) is 7.22. The molecule has 116 valence electrons. The maximum atomic E-state index is 12.4. The molecule has 22 heavy (non-hydrogen) atoms. The van der Waals surface area contributed by atoms with E-state index in [0.717, 1.165) is 31.2 Å². The van der Waals surface area contributed by atoms with Crippen LogP contribution in [0.1, 0.15) is 36.2 Å². The van der Waals surface area contributed by atoms with Crippen molar-refractivity contribution in [1.82, 2.24) is 20.3 Å². The van der Waals surface area contributed by atoms with E-state index in [0.29, 0.717) is 16.5 Å². The second kappa shape index (κ2) is 6.06. The number of carbonyl (C=O) groups excluding carboxylic acids is 1. The molecule has 7 heteroatoms. The van der Waals surface area contributed by atoms with E-state index in [4.69, 9.17) is 11.6 Å². The lowest BCUT2D eigenvalue weighted by Gasteiger charge is -2.27. The SMILES string of the molecule is O=C(NC1(CO)CCCC1)c1cc(-c2cc(Cl)ncn2)c[nH]1. The third-order valence-corrected chi connectivity index (χ3v) is 4.31. The fourth-order valence-electron chi connectivity index (χ4n) is 2.85. The zero-order chi connectivity index (χ0) is 15.6. The Bertz CT molecular complexity index is 680. The minimum absolute atomic E-state index is 0.0339. The Kier molecular flexibility index (Phi) is 4.13. The molecule has 1 saturated carbocycles. The van der Waals surface area contributed by atoms with Gasteiger partial charge < -0.3 is 15.4 Å². The van der Waals surface area contributed by atoms with Crippen LogP contribution in [0.25, 0.3) is 11.3 Å². The number of H-pyrrole nitrogens is 1. The Morgan fingerprint density at radius 2 is 2.14 bits per heavy atom. The van der Waals surface area contributed by atoms with Crippen LogP contribution in [0.15, 0.2) is 24.7 Å². The van der Waals surface area contributed by atoms with Crippen molar-refractivity contribution in [3.8, 4) is 11.3 Å². The third-order valence-electron chi connectivity index (χ3n) is 4.10. The first-order chi connectivity index (χ1) is 10.6. The Morgan fingerprint density at radius 3 is 2.82 bits per heavy atom. The number of aromatic nitrogens is 3. The van der Waals surface area contributed by atoms with Gasteiger partial charge in [0, 0.05) is 17.8 Å². The monoisotopic (exact) mass is 320 g/mol. The van der Waals surface area contributed by atoms with Crippen molar-refractivity contribution in [3.63, 3.8) is 0 Å². The molecule has 0 aromatic carbocycles. The molecule has 6 nitrogen and oxygen atoms in total. The molecule has 2 aromatic heterocycles. The second-order valence-corrected chi connectivity index (χ2v) is 6.01. The van der Waals surface area contributed by atoms with Crippen molar-refractivity contribution in [1.29, 1.82) is 0 Å². The van der Waals surface area contributed by atoms with Crippen molar-refractivity contribution in [3.05, 3.63) is 35.5 Å². The number of aliphatic hydroxyl groups is 1. The van der Waals surface area contributed by atoms with Crippen molar-refractivity contribution in [2.24, 2.45) is 0 Å². The van der Waals surface area contributed by atoms with Crippen LogP contribution in [0.3, 0.4) is 0 Å². The predicted octanol–water partition coefficient (Wildman–Crippen LogP) is 2.16. The van der Waals surface area contributed by atoms with Crippen molar-refractivity contribution >= 4 is 17.5 Å². The molecule has 0 atom stereocenters. The number of amides is 1. The normalized spacial score (nSPS) is 16.6. The van der Waals surface area contributed by atoms with Crippen LogP contribution in [0.5, 0.6) is 0 Å². The van der Waals surface area contributed by atoms with Gasteiger partial charge in [0.15, 0.2) is 0 Å². The highest BCUT2D eigenvalue weighted by atomic mass is 35.5. The summed E-state index contributed by atoms with van der Waals surface area (Å²) >= 11 is 5.85. The minimum Gasteiger partial charge on any atom is -0.394 e. The Labute approximate surface area is 132 Å². The Hall–Kier alpha value is -1.92. The van der Waals surface area contributed by atoms with Crippen LogP contribution in [0.4, 0.5) is 0 Å². The molecule has 3 N–H and O–H groups in total. The van der Waals surface area contributed by atoms with E-state index in [1.165, 1.54) is 6.33 Å². The standard InChI is InChI=1S/C15H17ClN4O2/c16-13-6-11(18-9-19-13)10-5-12(17-7-10)14(22)20-15(8-21)3-1-2-4-15/h5-7,9,17,21H,1-4,8H2,(H,20,22). The molecule has 0 unspecified atom stereocenters. The molecule has 0 spiro atoms. The Balaban J connectivity index is 1.77. The largest absolute Gasteiger partial charge is 0.394 e. The summed E-state index contributed by atoms with van der Waals surface area (Å²) in [6, 6.07) is 3.35. The van der Waals surface area contributed by atoms with Gasteiger partial charge in [0.05, 0.1) is 17.8 Å². The van der Waals surface area contributed by atoms with Gasteiger partial charge in [0.25, 0.3) is 5.91 Å². The van der Waals surface area contributed by atoms with Crippen molar-refractivity contribution in [2.45, 2.75) is 31.2 Å². The van der Waals surface area contributed by atoms with Crippen molar-refractivity contribution < 1.29 is 9.90 Å². The smallest absolute Gasteiger partial charge is 0.268 e. The molecule has 0 aliphatic heterocycles. The molecule has 2 heterocycles. The van der Waals surface area contributed by atoms with E-state index in [9.17, 15) is 9.90 Å². The van der Waals surface area contributed by atoms with Gasteiger partial charge in [-0.15, -0.1) is 0 Å². The highest BCUT2D eigenvalue weighted by Gasteiger charge is 2.35. The zero-order valence-corrected chi connectivity index (χ0v) is 12.7. The van der Waals surface area contributed by atoms with Gasteiger partial charge in [0.1, 0.15) is 17.2 Å². The van der Waals surface area contributed by atoms with Gasteiger partial charge in [-0.2, -0.15) is 0 Å². The molecular formula is C15H17ClN4O2. The molecule has 0 saturated heterocycles. The van der Waals surface area contributed by atoms with Crippen LogP contribution in [0, 0.1) is 0 Å². The summed E-state index contributed by atoms with van der Waals surface area (Å²) in [5.41, 5.74) is 1.36. The number of hydrogen-bond donors (Lipinski definition) is 3. The number of carbonyl (C=O) groups is 1. The van der Waals surface area contributed by atoms with Crippen LogP contribution in [-0.2, 0) is 0 Å². The number of aliphatic hydroxyl groups excluding tert-OH is 1. The number of halogens is 1. The summed E-state index contributed by atoms with van der Waals surface area (Å²) < 4.78 is 0. The van der Waals surface area contributed by atoms with E-state index in [1.54, 1.807) is 18.3 Å². The summed E-state index contributed by atoms with van der Waals surface area (Å²) in [4.78, 5) is 23.3. The maximum absolute atomic E-state index is 12.4. The lowest BCUT2D eigenvalue weighted by Crippen LogP contribution is -2.49. The quantitative estimate of drug-likeness (QED) is 0.753. The summed E-state index contributed by atoms with van der Waals surface area (Å²) in [6.45, 7) is -0.0339. The van der Waals surface area contributed by atoms with Gasteiger partial charge >= 0.3 is 0 Å². The number of nitrogens with zero attached hydrogens (tertiary/aromatic N) is 2. The van der Waals surface area contributed by atoms with Gasteiger partial charge in [-0.05, 0) is 18.9 Å². The topological polar surface area (TPSA) is 90.9 Å². The fraction of sp³-hybridized carbons (Fsp3) is 0.400. The first-order valence-corrected chi connectivity index (χ1v) is 7.59. The molecule has 0 bridgehead atoms. The molecule has 1 aliphatic carbocycles. The second-order valence-electron chi connectivity index (χ2n) is 5.63. The summed E-state index contributed by atoms with van der Waals surface area (Å²) in [7, 11) is 0. The van der Waals surface area contributed by atoms with Gasteiger partial charge in [-0.1, -0.05) is 24.4 Å². The number of aromatic amines is 1. The van der Waals surface area contributed by atoms with E-state index < -0.39 is 5.54 Å². The average Bonchev–Trinajstić information content (AvgIpc) is 3.17. The number of nitrogens with one attached hydrogen (secondary N) is 2. The fourth-order valence-corrected chi connectivity index (χ4v) is 2.99. The van der Waals surface area contributed by atoms with Crippen LogP contribution in [-0.4, -0.2) is 38.1 Å². The van der Waals surface area contributed by atoms with Crippen LogP contribution >= 0.6 is 11.6 Å². The molecule has 1 amide bonds. The lowest BCUT2D eigenvalue weighted by atomic mass is 9.99. The highest BCUT2D eigenvalue weighted by Crippen LogP contribution is 2.29. The van der Waals surface area contributed by atoms with Crippen LogP contribution in [0.2, 0.25) is 5.15 Å². The molecule has 0 radical (unpaired) electrons. The maximum Gasteiger partial charge on any atom is 0.268 e. The highest BCUT2D eigenvalue weighted by molar-refractivity contribution is 6.29. The summed E-state index contributed by atoms with van der Waals surface area (Å²) in [6.07, 6.45) is 6.75. The van der Waals surface area contributed by atoms with E-state index in [1.807, 2.05) is 0 Å². The van der Waals surface area contributed by atoms with E-state index >= 15 is 0 Å². The van der Waals surface area contributed by atoms with E-state index in [-0.39, 0.29) is 12.5 Å². The molecule has 2 aromatic rings. The molecule has 3 rings (SSSR count). The zero-order valence-electron chi connectivity index (χ0n) is 12.0. The molecule has 1 aliphatic rings. The lowest BCUT2D eigenvalue weighted by molar-refractivity contribution is 0.0834. The van der Waals surface area contributed by atoms with Crippen molar-refractivity contribution in [2.75, 3.05) is 6.61 Å². The summed E-state index contributed by atoms with van der Waals surface area (Å²) in [5, 5.41) is 12.9. The molecule has 1 fully saturated rings. The average molecular weight is 321 g/mol. The third kappa shape index (κ3) is 2.98. The van der Waals surface area contributed by atoms with Gasteiger partial charge in [-0.25, -0.2) is 9.97 Å². The summed E-state index contributed by atoms with van der Waals surface area (Å²) in [5.74, 6) is -0.220. The molecular weight excluding hydrogens is 304 g/mol. The predicted molar refractivity (Wildman–Crippen MR) is 82.6 cm³/mol. The van der Waals surface area contributed by atoms with Gasteiger partial charge in [-0.3, -0.25) is 4.79 Å². The Morgan fingerprint density at radius 1 is 1.36 bits per heavy atom. The van der Waals surface area contributed by atoms with Crippen LogP contribution < -0.4 is 5.32 Å². The number of rotatable bonds is 4. The minimum atomic E-state index is -0.486. The first kappa shape index (κ1) is 15.0.